The summed E-state index contributed by atoms with van der Waals surface area (Å²) in [6.07, 6.45) is 0.288. The summed E-state index contributed by atoms with van der Waals surface area (Å²) in [7, 11) is 11.7. The Morgan fingerprint density at radius 3 is 1.38 bits per heavy atom. The quantitative estimate of drug-likeness (QED) is 0.124. The molecule has 0 saturated carbocycles. The van der Waals surface area contributed by atoms with Crippen LogP contribution in [-0.2, 0) is 13.5 Å². The Kier molecular flexibility index (Phi) is 14.0. The maximum Gasteiger partial charge on any atom is 0.0157 e. The van der Waals surface area contributed by atoms with E-state index in [1.165, 1.54) is 44.8 Å². The van der Waals surface area contributed by atoms with Crippen LogP contribution in [0.25, 0.3) is 0 Å². The summed E-state index contributed by atoms with van der Waals surface area (Å²) >= 11 is -1.75. The topological polar surface area (TPSA) is 19.3 Å². The van der Waals surface area contributed by atoms with E-state index >= 15 is 0 Å². The molecule has 6 heteroatoms. The van der Waals surface area contributed by atoms with Crippen LogP contribution >= 0.6 is 19.4 Å². The van der Waals surface area contributed by atoms with Gasteiger partial charge in [0.2, 0.25) is 0 Å². The summed E-state index contributed by atoms with van der Waals surface area (Å²) < 4.78 is 6.41. The van der Waals surface area contributed by atoms with Crippen molar-refractivity contribution in [1.82, 2.24) is 0 Å². The van der Waals surface area contributed by atoms with Crippen LogP contribution in [0.1, 0.15) is 132 Å². The third-order valence-electron chi connectivity index (χ3n) is 8.07. The molecule has 1 aliphatic rings. The minimum absolute atomic E-state index is 0.288. The van der Waals surface area contributed by atoms with E-state index in [4.69, 9.17) is 19.4 Å². The Morgan fingerprint density at radius 1 is 0.667 bits per heavy atom. The SMILES string of the molecule is CC(C)[OH+]c1ccccc1[CH]=[Ru]([Cl])[Cl].Cc1cc(C(C)C)c(N2[CH-]N(c3c(C(C)C)cc(C)cc3C(C)C)CC2)c(C(C)C)c1. The Morgan fingerprint density at radius 2 is 1.04 bits per heavy atom. The van der Waals surface area contributed by atoms with Gasteiger partial charge in [-0.05, 0) is 59.8 Å². The second kappa shape index (κ2) is 16.8. The minimum Gasteiger partial charge on any atom is -0.502 e. The van der Waals surface area contributed by atoms with E-state index in [-0.39, 0.29) is 6.10 Å². The molecule has 0 radical (unpaired) electrons. The van der Waals surface area contributed by atoms with Gasteiger partial charge in [-0.25, -0.2) is 0 Å². The largest absolute Gasteiger partial charge is 0.502 e. The molecule has 1 fully saturated rings. The molecular weight excluding hydrogens is 684 g/mol. The van der Waals surface area contributed by atoms with E-state index in [0.717, 1.165) is 24.4 Å². The van der Waals surface area contributed by atoms with Crippen molar-refractivity contribution in [3.8, 4) is 5.75 Å². The molecule has 0 spiro atoms. The van der Waals surface area contributed by atoms with E-state index in [0.29, 0.717) is 23.7 Å². The number of aliphatic hydroxyl groups is 1. The van der Waals surface area contributed by atoms with Crippen molar-refractivity contribution in [2.24, 2.45) is 0 Å². The number of ether oxygens (including phenoxy) is 1. The fourth-order valence-corrected chi connectivity index (χ4v) is 7.80. The number of aromatic hydroxyl groups is 1. The van der Waals surface area contributed by atoms with E-state index in [2.05, 4.69) is 115 Å². The molecule has 1 N–H and O–H groups in total. The summed E-state index contributed by atoms with van der Waals surface area (Å²) in [4.78, 5) is 5.05. The van der Waals surface area contributed by atoms with Crippen LogP contribution in [-0.4, -0.2) is 28.5 Å². The Balaban J connectivity index is 0.000000330. The molecule has 1 aliphatic heterocycles. The van der Waals surface area contributed by atoms with Gasteiger partial charge in [0.25, 0.3) is 0 Å². The summed E-state index contributed by atoms with van der Waals surface area (Å²) in [6, 6.07) is 17.5. The fraction of sp³-hybridized carbons (Fsp3) is 0.487. The summed E-state index contributed by atoms with van der Waals surface area (Å²) in [5.74, 6) is 3.00. The summed E-state index contributed by atoms with van der Waals surface area (Å²) in [5, 5.41) is 0. The number of aryl methyl sites for hydroxylation is 2. The van der Waals surface area contributed by atoms with Crippen molar-refractivity contribution in [3.63, 3.8) is 0 Å². The van der Waals surface area contributed by atoms with Crippen LogP contribution in [0.15, 0.2) is 48.5 Å². The predicted octanol–water partition coefficient (Wildman–Crippen LogP) is 11.7. The van der Waals surface area contributed by atoms with Crippen molar-refractivity contribution < 1.29 is 18.3 Å². The van der Waals surface area contributed by atoms with Crippen LogP contribution in [0.2, 0.25) is 0 Å². The van der Waals surface area contributed by atoms with Crippen LogP contribution in [0.4, 0.5) is 11.4 Å². The second-order valence-electron chi connectivity index (χ2n) is 13.8. The standard InChI is InChI=1S/C29H43N2.C10H12O.2ClH.Ru/c1-18(2)24-13-22(9)14-25(19(3)4)28(24)30-11-12-31(17-30)29-26(20(5)6)15-23(10)16-27(29)21(7)8;1-8(2)11-10-7-5-4-6-9(10)3;;;/h13-21H,11-12H2,1-10H3;3-8H,1-2H3;2*1H;/q-1;;;;+2/p-1. The monoisotopic (exact) mass is 740 g/mol. The van der Waals surface area contributed by atoms with Gasteiger partial charge >= 0.3 is 97.8 Å². The third kappa shape index (κ3) is 10.1. The first kappa shape index (κ1) is 37.6. The molecule has 0 atom stereocenters. The minimum atomic E-state index is -1.75. The van der Waals surface area contributed by atoms with E-state index < -0.39 is 13.5 Å². The van der Waals surface area contributed by atoms with Gasteiger partial charge in [-0.2, -0.15) is 6.67 Å². The van der Waals surface area contributed by atoms with Crippen LogP contribution < -0.4 is 9.80 Å². The molecule has 1 heterocycles. The zero-order valence-corrected chi connectivity index (χ0v) is 32.8. The van der Waals surface area contributed by atoms with E-state index in [1.807, 2.05) is 42.7 Å². The predicted molar refractivity (Wildman–Crippen MR) is 198 cm³/mol. The number of hydrogen-bond donors (Lipinski definition) is 0. The third-order valence-corrected chi connectivity index (χ3v) is 9.90. The molecule has 4 rings (SSSR count). The maximum absolute atomic E-state index is 5.83. The summed E-state index contributed by atoms with van der Waals surface area (Å²) in [5.41, 5.74) is 12.5. The summed E-state index contributed by atoms with van der Waals surface area (Å²) in [6.45, 7) is 31.6. The van der Waals surface area contributed by atoms with Crippen LogP contribution in [0, 0.1) is 20.5 Å². The number of nitrogens with zero attached hydrogens (tertiary/aromatic N) is 2. The molecule has 3 aromatic rings. The van der Waals surface area contributed by atoms with Crippen LogP contribution in [0.3, 0.4) is 0 Å². The van der Waals surface area contributed by atoms with Gasteiger partial charge < -0.3 is 9.80 Å². The van der Waals surface area contributed by atoms with Gasteiger partial charge in [-0.15, -0.1) is 0 Å². The van der Waals surface area contributed by atoms with Crippen molar-refractivity contribution in [2.45, 2.75) is 113 Å². The van der Waals surface area contributed by atoms with Gasteiger partial charge in [0, 0.05) is 24.5 Å². The zero-order valence-electron chi connectivity index (χ0n) is 29.5. The molecule has 3 aromatic carbocycles. The molecule has 0 unspecified atom stereocenters. The Hall–Kier alpha value is -1.87. The Bertz CT molecular complexity index is 1320. The average molecular weight is 741 g/mol. The van der Waals surface area contributed by atoms with E-state index in [9.17, 15) is 0 Å². The normalized spacial score (nSPS) is 13.7. The first-order valence-electron chi connectivity index (χ1n) is 16.4. The molecule has 0 aromatic heterocycles. The fourth-order valence-electron chi connectivity index (χ4n) is 5.99. The molecule has 0 bridgehead atoms. The molecule has 1 saturated heterocycles. The number of anilines is 2. The molecule has 250 valence electrons. The van der Waals surface area contributed by atoms with Gasteiger partial charge in [0.15, 0.2) is 0 Å². The average Bonchev–Trinajstić information content (AvgIpc) is 3.42. The number of halogens is 2. The molecular formula is C39H56Cl2N2ORu. The number of hydrogen-bond acceptors (Lipinski definition) is 2. The maximum atomic E-state index is 5.83. The number of para-hydroxylation sites is 1. The van der Waals surface area contributed by atoms with Crippen molar-refractivity contribution in [2.75, 3.05) is 22.9 Å². The first-order valence-corrected chi connectivity index (χ1v) is 21.9. The number of rotatable bonds is 9. The first-order chi connectivity index (χ1) is 21.1. The van der Waals surface area contributed by atoms with Gasteiger partial charge in [-0.3, -0.25) is 0 Å². The smallest absolute Gasteiger partial charge is 0.0157 e. The van der Waals surface area contributed by atoms with Gasteiger partial charge in [0.1, 0.15) is 0 Å². The second-order valence-corrected chi connectivity index (χ2v) is 19.5. The zero-order chi connectivity index (χ0) is 33.6. The van der Waals surface area contributed by atoms with Crippen molar-refractivity contribution >= 4 is 35.4 Å². The molecule has 45 heavy (non-hydrogen) atoms. The van der Waals surface area contributed by atoms with Gasteiger partial charge in [0.05, 0.1) is 0 Å². The van der Waals surface area contributed by atoms with Crippen molar-refractivity contribution in [3.05, 3.63) is 94.1 Å². The Labute approximate surface area is 287 Å². The van der Waals surface area contributed by atoms with E-state index in [1.54, 1.807) is 0 Å². The van der Waals surface area contributed by atoms with Gasteiger partial charge in [-0.1, -0.05) is 90.8 Å². The molecule has 0 aliphatic carbocycles. The molecule has 0 amide bonds. The number of benzene rings is 3. The van der Waals surface area contributed by atoms with Crippen molar-refractivity contribution in [1.29, 1.82) is 0 Å². The van der Waals surface area contributed by atoms with Crippen LogP contribution in [0.5, 0.6) is 5.75 Å². The molecule has 3 nitrogen and oxygen atoms in total.